The van der Waals surface area contributed by atoms with Gasteiger partial charge in [-0.2, -0.15) is 0 Å². The first kappa shape index (κ1) is 22.7. The molecule has 0 spiro atoms. The van der Waals surface area contributed by atoms with E-state index in [1.165, 1.54) is 17.5 Å². The van der Waals surface area contributed by atoms with Crippen LogP contribution in [-0.2, 0) is 16.1 Å². The summed E-state index contributed by atoms with van der Waals surface area (Å²) in [6, 6.07) is 2.72. The lowest BCUT2D eigenvalue weighted by atomic mass is 10.2. The number of nitrogens with one attached hydrogen (secondary N) is 2. The summed E-state index contributed by atoms with van der Waals surface area (Å²) in [4.78, 5) is 46.2. The van der Waals surface area contributed by atoms with E-state index >= 15 is 0 Å². The van der Waals surface area contributed by atoms with Gasteiger partial charge in [0.15, 0.2) is 0 Å². The number of fused-ring (bicyclic) bond motifs is 2. The minimum Gasteiger partial charge on any atom is -0.444 e. The number of aliphatic hydroxyl groups excluding tert-OH is 1. The highest BCUT2D eigenvalue weighted by Gasteiger charge is 2.36. The summed E-state index contributed by atoms with van der Waals surface area (Å²) in [5.74, 6) is 0.0765. The van der Waals surface area contributed by atoms with E-state index in [9.17, 15) is 19.5 Å². The number of aromatic nitrogens is 3. The predicted octanol–water partition coefficient (Wildman–Crippen LogP) is 2.08. The second kappa shape index (κ2) is 8.45. The molecule has 12 heteroatoms. The Bertz CT molecular complexity index is 1290. The summed E-state index contributed by atoms with van der Waals surface area (Å²) in [5, 5.41) is 16.4. The number of amides is 2. The van der Waals surface area contributed by atoms with E-state index in [0.717, 1.165) is 19.5 Å². The first-order valence-electron chi connectivity index (χ1n) is 10.2. The van der Waals surface area contributed by atoms with Gasteiger partial charge in [0, 0.05) is 27.6 Å². The van der Waals surface area contributed by atoms with Crippen molar-refractivity contribution in [2.45, 2.75) is 51.5 Å². The van der Waals surface area contributed by atoms with Crippen LogP contribution < -0.4 is 21.9 Å². The molecule has 5 N–H and O–H groups in total. The van der Waals surface area contributed by atoms with Gasteiger partial charge in [-0.25, -0.2) is 14.8 Å². The van der Waals surface area contributed by atoms with Crippen molar-refractivity contribution < 1.29 is 19.4 Å². The normalized spacial score (nSPS) is 17.6. The second-order valence-corrected chi connectivity index (χ2v) is 9.85. The Balaban J connectivity index is 1.44. The molecule has 3 aromatic heterocycles. The van der Waals surface area contributed by atoms with Crippen LogP contribution in [0.5, 0.6) is 0 Å². The topological polar surface area (TPSA) is 161 Å². The Morgan fingerprint density at radius 3 is 2.79 bits per heavy atom. The molecule has 0 radical (unpaired) electrons. The van der Waals surface area contributed by atoms with Gasteiger partial charge in [-0.1, -0.05) is 0 Å². The van der Waals surface area contributed by atoms with Crippen molar-refractivity contribution in [1.29, 1.82) is 0 Å². The Labute approximate surface area is 192 Å². The monoisotopic (exact) mass is 472 g/mol. The van der Waals surface area contributed by atoms with E-state index < -0.39 is 35.3 Å². The summed E-state index contributed by atoms with van der Waals surface area (Å²) >= 11 is 1.43. The number of nitrogen functional groups attached to an aromatic ring is 1. The number of nitrogens with two attached hydrogens (primary N) is 1. The third-order valence-corrected chi connectivity index (χ3v) is 6.02. The number of carbonyl (C=O) groups excluding carboxylic acids is 2. The maximum Gasteiger partial charge on any atom is 0.413 e. The zero-order valence-corrected chi connectivity index (χ0v) is 19.1. The Morgan fingerprint density at radius 1 is 1.30 bits per heavy atom. The lowest BCUT2D eigenvalue weighted by molar-refractivity contribution is -0.124. The smallest absolute Gasteiger partial charge is 0.413 e. The number of rotatable bonds is 4. The van der Waals surface area contributed by atoms with Crippen molar-refractivity contribution in [2.24, 2.45) is 0 Å². The number of hydrogen-bond acceptors (Lipinski definition) is 9. The molecule has 3 aromatic rings. The molecule has 0 bridgehead atoms. The summed E-state index contributed by atoms with van der Waals surface area (Å²) in [6.07, 6.45) is 1.26. The molecule has 11 nitrogen and oxygen atoms in total. The zero-order valence-electron chi connectivity index (χ0n) is 18.3. The highest BCUT2D eigenvalue weighted by molar-refractivity contribution is 7.19. The van der Waals surface area contributed by atoms with Crippen molar-refractivity contribution in [2.75, 3.05) is 11.1 Å². The van der Waals surface area contributed by atoms with Gasteiger partial charge in [-0.05, 0) is 32.9 Å². The molecule has 1 aliphatic rings. The Kier molecular flexibility index (Phi) is 5.80. The van der Waals surface area contributed by atoms with E-state index in [-0.39, 0.29) is 24.5 Å². The standard InChI is InChI=1S/C21H24N6O5S/c1-21(2,3)32-20(31)26-16-6-15-10(7-23-16)4-11(33-15)8-25-18(29)13-5-14(28)17-24-9-12(22)19(30)27(13)17/h4,6-7,9,13-14,28H,5,8,22H2,1-3H3,(H,25,29)(H,23,26,31)/t13-,14+/m0/s1. The number of nitrogens with zero attached hydrogens (tertiary/aromatic N) is 3. The fraction of sp³-hybridized carbons (Fsp3) is 0.381. The Hall–Kier alpha value is -3.51. The van der Waals surface area contributed by atoms with Crippen molar-refractivity contribution in [3.05, 3.63) is 45.6 Å². The molecule has 4 heterocycles. The largest absolute Gasteiger partial charge is 0.444 e. The maximum absolute atomic E-state index is 12.8. The minimum absolute atomic E-state index is 0.0492. The third kappa shape index (κ3) is 4.81. The lowest BCUT2D eigenvalue weighted by Crippen LogP contribution is -2.36. The van der Waals surface area contributed by atoms with E-state index in [1.54, 1.807) is 33.0 Å². The second-order valence-electron chi connectivity index (χ2n) is 8.68. The summed E-state index contributed by atoms with van der Waals surface area (Å²) in [7, 11) is 0. The van der Waals surface area contributed by atoms with E-state index in [2.05, 4.69) is 20.6 Å². The number of anilines is 2. The van der Waals surface area contributed by atoms with Crippen molar-refractivity contribution in [1.82, 2.24) is 19.9 Å². The zero-order chi connectivity index (χ0) is 23.9. The fourth-order valence-corrected chi connectivity index (χ4v) is 4.55. The molecule has 0 aliphatic carbocycles. The van der Waals surface area contributed by atoms with Crippen LogP contribution in [0.25, 0.3) is 10.1 Å². The van der Waals surface area contributed by atoms with Crippen LogP contribution in [0.4, 0.5) is 16.3 Å². The van der Waals surface area contributed by atoms with Crippen LogP contribution in [0.2, 0.25) is 0 Å². The van der Waals surface area contributed by atoms with Crippen LogP contribution in [0, 0.1) is 0 Å². The van der Waals surface area contributed by atoms with Crippen molar-refractivity contribution in [3.63, 3.8) is 0 Å². The number of pyridine rings is 1. The summed E-state index contributed by atoms with van der Waals surface area (Å²) in [5.41, 5.74) is 4.38. The van der Waals surface area contributed by atoms with Gasteiger partial charge in [0.1, 0.15) is 35.1 Å². The van der Waals surface area contributed by atoms with Gasteiger partial charge in [0.2, 0.25) is 5.91 Å². The van der Waals surface area contributed by atoms with E-state index in [1.807, 2.05) is 6.07 Å². The van der Waals surface area contributed by atoms with Gasteiger partial charge in [-0.3, -0.25) is 19.5 Å². The number of thiophene rings is 1. The SMILES string of the molecule is CC(C)(C)OC(=O)Nc1cc2sc(CNC(=O)[C@@H]3C[C@@H](O)c4ncc(N)c(=O)n43)cc2cn1. The third-order valence-electron chi connectivity index (χ3n) is 4.93. The first-order chi connectivity index (χ1) is 15.5. The molecule has 0 aromatic carbocycles. The molecule has 0 fully saturated rings. The maximum atomic E-state index is 12.8. The highest BCUT2D eigenvalue weighted by atomic mass is 32.1. The molecular formula is C21H24N6O5S. The molecule has 2 amide bonds. The average Bonchev–Trinajstić information content (AvgIpc) is 3.28. The first-order valence-corrected chi connectivity index (χ1v) is 11.0. The van der Waals surface area contributed by atoms with Crippen LogP contribution >= 0.6 is 11.3 Å². The van der Waals surface area contributed by atoms with E-state index in [4.69, 9.17) is 10.5 Å². The highest BCUT2D eigenvalue weighted by Crippen LogP contribution is 2.32. The lowest BCUT2D eigenvalue weighted by Gasteiger charge is -2.19. The van der Waals surface area contributed by atoms with Crippen LogP contribution in [0.15, 0.2) is 29.3 Å². The van der Waals surface area contributed by atoms with Gasteiger partial charge in [0.25, 0.3) is 5.56 Å². The number of ether oxygens (including phenoxy) is 1. The van der Waals surface area contributed by atoms with Crippen molar-refractivity contribution in [3.8, 4) is 0 Å². The molecule has 0 unspecified atom stereocenters. The van der Waals surface area contributed by atoms with Crippen LogP contribution in [0.1, 0.15) is 50.0 Å². The predicted molar refractivity (Wildman–Crippen MR) is 123 cm³/mol. The Morgan fingerprint density at radius 2 is 2.06 bits per heavy atom. The molecule has 2 atom stereocenters. The molecule has 174 valence electrons. The number of carbonyl (C=O) groups is 2. The number of hydrogen-bond donors (Lipinski definition) is 4. The van der Waals surface area contributed by atoms with Crippen LogP contribution in [0.3, 0.4) is 0 Å². The molecule has 33 heavy (non-hydrogen) atoms. The van der Waals surface area contributed by atoms with Gasteiger partial charge >= 0.3 is 6.09 Å². The van der Waals surface area contributed by atoms with Gasteiger partial charge in [-0.15, -0.1) is 11.3 Å². The van der Waals surface area contributed by atoms with Gasteiger partial charge in [0.05, 0.1) is 12.7 Å². The average molecular weight is 473 g/mol. The molecule has 0 saturated heterocycles. The molecular weight excluding hydrogens is 448 g/mol. The fourth-order valence-electron chi connectivity index (χ4n) is 3.53. The molecule has 0 saturated carbocycles. The quantitative estimate of drug-likeness (QED) is 0.449. The van der Waals surface area contributed by atoms with Gasteiger partial charge < -0.3 is 20.9 Å². The van der Waals surface area contributed by atoms with Crippen molar-refractivity contribution >= 4 is 44.9 Å². The summed E-state index contributed by atoms with van der Waals surface area (Å²) < 4.78 is 7.25. The molecule has 1 aliphatic heterocycles. The summed E-state index contributed by atoms with van der Waals surface area (Å²) in [6.45, 7) is 5.54. The number of aliphatic hydroxyl groups is 1. The minimum atomic E-state index is -1.01. The van der Waals surface area contributed by atoms with Crippen LogP contribution in [-0.4, -0.2) is 37.2 Å². The molecule has 4 rings (SSSR count). The van der Waals surface area contributed by atoms with E-state index in [0.29, 0.717) is 5.82 Å².